The van der Waals surface area contributed by atoms with E-state index in [0.717, 1.165) is 22.5 Å². The Kier molecular flexibility index (Phi) is 9.77. The molecule has 4 aromatic rings. The van der Waals surface area contributed by atoms with Crippen molar-refractivity contribution in [3.63, 3.8) is 0 Å². The predicted octanol–water partition coefficient (Wildman–Crippen LogP) is 4.11. The predicted molar refractivity (Wildman–Crippen MR) is 136 cm³/mol. The monoisotopic (exact) mass is 618 g/mol. The van der Waals surface area contributed by atoms with Crippen molar-refractivity contribution in [1.29, 1.82) is 0 Å². The quantitative estimate of drug-likeness (QED) is 0.344. The summed E-state index contributed by atoms with van der Waals surface area (Å²) >= 11 is 12.3. The Balaban J connectivity index is 0.000000227. The number of aromatic amines is 1. The summed E-state index contributed by atoms with van der Waals surface area (Å²) in [6.07, 6.45) is 8.30. The Hall–Kier alpha value is -2.08. The smallest absolute Gasteiger partial charge is 0.265 e. The fraction of sp³-hybridized carbons (Fsp3) is 0.300. The third kappa shape index (κ3) is 7.46. The van der Waals surface area contributed by atoms with Crippen molar-refractivity contribution in [3.05, 3.63) is 83.4 Å². The minimum Gasteiger partial charge on any atom is -0.309 e. The number of hydrogen-bond acceptors (Lipinski definition) is 6. The summed E-state index contributed by atoms with van der Waals surface area (Å²) in [4.78, 5) is 26.6. The summed E-state index contributed by atoms with van der Waals surface area (Å²) in [7, 11) is 3.76. The maximum absolute atomic E-state index is 11.4. The third-order valence-corrected chi connectivity index (χ3v) is 6.16. The number of hydrogen-bond donors (Lipinski definition) is 1. The van der Waals surface area contributed by atoms with E-state index in [2.05, 4.69) is 62.0 Å². The fourth-order valence-corrected chi connectivity index (χ4v) is 3.51. The Morgan fingerprint density at radius 2 is 1.48 bits per heavy atom. The second-order valence-corrected chi connectivity index (χ2v) is 9.18. The fourth-order valence-electron chi connectivity index (χ4n) is 2.97. The normalized spacial score (nSPS) is 10.4. The average molecular weight is 621 g/mol. The van der Waals surface area contributed by atoms with Gasteiger partial charge in [0, 0.05) is 62.9 Å². The Labute approximate surface area is 218 Å². The SMILES string of the molecule is Cc1nn(C)cc1Cc1ncc(Br)c(=O)[nH]1.Cc1nn(C)cc1Cc1ncc(Br)c(Cl)n1.Cl. The number of aryl methyl sites for hydroxylation is 4. The van der Waals surface area contributed by atoms with Crippen molar-refractivity contribution < 1.29 is 0 Å². The van der Waals surface area contributed by atoms with Gasteiger partial charge in [-0.1, -0.05) is 11.6 Å². The van der Waals surface area contributed by atoms with Gasteiger partial charge in [0.25, 0.3) is 5.56 Å². The molecule has 9 nitrogen and oxygen atoms in total. The number of nitrogens with one attached hydrogen (secondary N) is 1. The van der Waals surface area contributed by atoms with Gasteiger partial charge >= 0.3 is 0 Å². The molecule has 0 radical (unpaired) electrons. The van der Waals surface area contributed by atoms with Crippen molar-refractivity contribution >= 4 is 55.9 Å². The molecular formula is C20H22Br2Cl2N8O. The van der Waals surface area contributed by atoms with Gasteiger partial charge < -0.3 is 4.98 Å². The first-order valence-electron chi connectivity index (χ1n) is 9.51. The standard InChI is InChI=1S/C10H10BrClN4.C10H11BrN4O.ClH/c1-6-7(5-16(2)15-6)3-9-13-4-8(11)10(12)14-9;1-6-7(5-15(2)14-6)3-9-12-4-8(11)10(16)13-9;/h4-5H,3H2,1-2H3;4-5H,3H2,1-2H3,(H,12,13,16);1H. The van der Waals surface area contributed by atoms with Crippen LogP contribution in [0.15, 0.2) is 38.5 Å². The minimum absolute atomic E-state index is 0. The van der Waals surface area contributed by atoms with Crippen LogP contribution in [0.5, 0.6) is 0 Å². The van der Waals surface area contributed by atoms with Crippen LogP contribution in [-0.4, -0.2) is 39.5 Å². The zero-order valence-electron chi connectivity index (χ0n) is 18.3. The highest BCUT2D eigenvalue weighted by Gasteiger charge is 2.08. The van der Waals surface area contributed by atoms with Crippen LogP contribution in [-0.2, 0) is 26.9 Å². The van der Waals surface area contributed by atoms with Crippen molar-refractivity contribution in [1.82, 2.24) is 39.5 Å². The molecule has 0 bridgehead atoms. The first-order chi connectivity index (χ1) is 15.1. The van der Waals surface area contributed by atoms with Gasteiger partial charge in [0.05, 0.1) is 15.9 Å². The molecule has 0 fully saturated rings. The zero-order valence-corrected chi connectivity index (χ0v) is 23.0. The maximum Gasteiger partial charge on any atom is 0.265 e. The zero-order chi connectivity index (χ0) is 23.4. The molecule has 0 amide bonds. The molecule has 4 aromatic heterocycles. The Bertz CT molecular complexity index is 1300. The van der Waals surface area contributed by atoms with E-state index >= 15 is 0 Å². The van der Waals surface area contributed by atoms with Crippen LogP contribution in [0, 0.1) is 13.8 Å². The third-order valence-electron chi connectivity index (χ3n) is 4.50. The Morgan fingerprint density at radius 3 is 1.97 bits per heavy atom. The van der Waals surface area contributed by atoms with E-state index in [1.807, 2.05) is 40.3 Å². The molecule has 0 spiro atoms. The van der Waals surface area contributed by atoms with E-state index in [1.54, 1.807) is 15.6 Å². The highest BCUT2D eigenvalue weighted by atomic mass is 79.9. The van der Waals surface area contributed by atoms with Gasteiger partial charge in [0.15, 0.2) is 0 Å². The second-order valence-electron chi connectivity index (χ2n) is 7.11. The summed E-state index contributed by atoms with van der Waals surface area (Å²) in [5.41, 5.74) is 3.96. The lowest BCUT2D eigenvalue weighted by molar-refractivity contribution is 0.756. The van der Waals surface area contributed by atoms with Crippen molar-refractivity contribution in [2.75, 3.05) is 0 Å². The molecule has 176 valence electrons. The summed E-state index contributed by atoms with van der Waals surface area (Å²) in [6.45, 7) is 3.90. The molecule has 13 heteroatoms. The number of halogens is 4. The van der Waals surface area contributed by atoms with Crippen LogP contribution < -0.4 is 5.56 Å². The van der Waals surface area contributed by atoms with Crippen molar-refractivity contribution in [2.24, 2.45) is 14.1 Å². The highest BCUT2D eigenvalue weighted by Crippen LogP contribution is 2.19. The lowest BCUT2D eigenvalue weighted by Gasteiger charge is -2.00. The average Bonchev–Trinajstić information content (AvgIpc) is 3.21. The highest BCUT2D eigenvalue weighted by molar-refractivity contribution is 9.10. The van der Waals surface area contributed by atoms with Gasteiger partial charge in [0.1, 0.15) is 21.3 Å². The molecule has 33 heavy (non-hydrogen) atoms. The maximum atomic E-state index is 11.4. The van der Waals surface area contributed by atoms with Crippen LogP contribution in [0.3, 0.4) is 0 Å². The summed E-state index contributed by atoms with van der Waals surface area (Å²) < 4.78 is 4.69. The Morgan fingerprint density at radius 1 is 0.939 bits per heavy atom. The van der Waals surface area contributed by atoms with Crippen LogP contribution in [0.1, 0.15) is 34.2 Å². The van der Waals surface area contributed by atoms with E-state index in [9.17, 15) is 4.79 Å². The molecule has 0 aromatic carbocycles. The molecule has 0 saturated heterocycles. The molecule has 0 unspecified atom stereocenters. The minimum atomic E-state index is -0.161. The topological polar surface area (TPSA) is 107 Å². The summed E-state index contributed by atoms with van der Waals surface area (Å²) in [6, 6.07) is 0. The lowest BCUT2D eigenvalue weighted by atomic mass is 10.2. The molecule has 0 saturated carbocycles. The van der Waals surface area contributed by atoms with Crippen LogP contribution in [0.25, 0.3) is 0 Å². The first kappa shape index (κ1) is 27.2. The van der Waals surface area contributed by atoms with Gasteiger partial charge in [-0.2, -0.15) is 10.2 Å². The molecule has 4 rings (SSSR count). The van der Waals surface area contributed by atoms with Gasteiger partial charge in [-0.25, -0.2) is 15.0 Å². The molecule has 4 heterocycles. The van der Waals surface area contributed by atoms with E-state index in [4.69, 9.17) is 11.6 Å². The second kappa shape index (κ2) is 11.9. The molecule has 0 aliphatic carbocycles. The van der Waals surface area contributed by atoms with Crippen LogP contribution >= 0.6 is 55.9 Å². The molecule has 0 atom stereocenters. The number of aromatic nitrogens is 8. The van der Waals surface area contributed by atoms with E-state index in [-0.39, 0.29) is 18.0 Å². The molecule has 0 aliphatic rings. The van der Waals surface area contributed by atoms with E-state index < -0.39 is 0 Å². The van der Waals surface area contributed by atoms with E-state index in [1.165, 1.54) is 6.20 Å². The summed E-state index contributed by atoms with van der Waals surface area (Å²) in [5.74, 6) is 1.34. The number of H-pyrrole nitrogens is 1. The molecule has 1 N–H and O–H groups in total. The summed E-state index contributed by atoms with van der Waals surface area (Å²) in [5, 5.41) is 8.94. The van der Waals surface area contributed by atoms with Crippen LogP contribution in [0.4, 0.5) is 0 Å². The number of nitrogens with zero attached hydrogens (tertiary/aromatic N) is 7. The van der Waals surface area contributed by atoms with Crippen molar-refractivity contribution in [3.8, 4) is 0 Å². The largest absolute Gasteiger partial charge is 0.309 e. The van der Waals surface area contributed by atoms with E-state index in [0.29, 0.717) is 38.6 Å². The lowest BCUT2D eigenvalue weighted by Crippen LogP contribution is -2.11. The van der Waals surface area contributed by atoms with Gasteiger partial charge in [-0.3, -0.25) is 14.2 Å². The van der Waals surface area contributed by atoms with Gasteiger partial charge in [-0.05, 0) is 45.7 Å². The molecular weight excluding hydrogens is 599 g/mol. The van der Waals surface area contributed by atoms with Gasteiger partial charge in [0.2, 0.25) is 0 Å². The van der Waals surface area contributed by atoms with Crippen LogP contribution in [0.2, 0.25) is 5.15 Å². The van der Waals surface area contributed by atoms with Crippen molar-refractivity contribution in [2.45, 2.75) is 26.7 Å². The number of rotatable bonds is 4. The molecule has 0 aliphatic heterocycles. The van der Waals surface area contributed by atoms with Gasteiger partial charge in [-0.15, -0.1) is 12.4 Å². The first-order valence-corrected chi connectivity index (χ1v) is 11.5.